The van der Waals surface area contributed by atoms with Crippen LogP contribution in [0.3, 0.4) is 0 Å². The molecule has 0 bridgehead atoms. The first kappa shape index (κ1) is 16.4. The van der Waals surface area contributed by atoms with Crippen LogP contribution in [0.25, 0.3) is 0 Å². The fourth-order valence-corrected chi connectivity index (χ4v) is 3.39. The Labute approximate surface area is 120 Å². The highest BCUT2D eigenvalue weighted by Crippen LogP contribution is 2.18. The average Bonchev–Trinajstić information content (AvgIpc) is 2.79. The highest BCUT2D eigenvalue weighted by Gasteiger charge is 2.25. The van der Waals surface area contributed by atoms with Crippen molar-refractivity contribution in [2.24, 2.45) is 0 Å². The van der Waals surface area contributed by atoms with Gasteiger partial charge in [-0.3, -0.25) is 0 Å². The Bertz CT molecular complexity index is 188. The first-order valence-corrected chi connectivity index (χ1v) is 8.84. The number of likely N-dealkylation sites (tertiary alicyclic amines) is 1. The second-order valence-corrected chi connectivity index (χ2v) is 6.85. The number of hydrogen-bond acceptors (Lipinski definition) is 1. The Morgan fingerprint density at radius 3 is 1.67 bits per heavy atom. The Morgan fingerprint density at radius 2 is 1.17 bits per heavy atom. The molecule has 1 fully saturated rings. The molecule has 0 aromatic carbocycles. The van der Waals surface area contributed by atoms with Crippen LogP contribution >= 0.6 is 12.6 Å². The van der Waals surface area contributed by atoms with E-state index in [2.05, 4.69) is 19.7 Å². The summed E-state index contributed by atoms with van der Waals surface area (Å²) >= 11 is 4.24. The minimum atomic E-state index is 1.07. The van der Waals surface area contributed by atoms with Crippen molar-refractivity contribution in [1.29, 1.82) is 0 Å². The molecular formula is C16H34NS+. The SMILES string of the molecule is C[N+]1(CCCCCCCCCCCS)CCCC1. The van der Waals surface area contributed by atoms with Crippen LogP contribution in [0, 0.1) is 0 Å². The van der Waals surface area contributed by atoms with E-state index in [-0.39, 0.29) is 0 Å². The zero-order valence-electron chi connectivity index (χ0n) is 12.5. The molecule has 1 saturated heterocycles. The minimum Gasteiger partial charge on any atom is -0.326 e. The van der Waals surface area contributed by atoms with Gasteiger partial charge in [-0.15, -0.1) is 0 Å². The Hall–Kier alpha value is 0.310. The highest BCUT2D eigenvalue weighted by atomic mass is 32.1. The predicted molar refractivity (Wildman–Crippen MR) is 85.4 cm³/mol. The lowest BCUT2D eigenvalue weighted by molar-refractivity contribution is -0.897. The molecule has 0 saturated carbocycles. The van der Waals surface area contributed by atoms with Crippen LogP contribution in [0.5, 0.6) is 0 Å². The van der Waals surface area contributed by atoms with Crippen molar-refractivity contribution in [1.82, 2.24) is 0 Å². The van der Waals surface area contributed by atoms with E-state index < -0.39 is 0 Å². The van der Waals surface area contributed by atoms with E-state index in [0.717, 1.165) is 5.75 Å². The van der Waals surface area contributed by atoms with Crippen LogP contribution in [0.1, 0.15) is 70.6 Å². The molecule has 0 spiro atoms. The van der Waals surface area contributed by atoms with Gasteiger partial charge < -0.3 is 4.48 Å². The minimum absolute atomic E-state index is 1.07. The number of rotatable bonds is 11. The lowest BCUT2D eigenvalue weighted by Gasteiger charge is -2.29. The molecule has 0 radical (unpaired) electrons. The number of thiol groups is 1. The molecule has 0 aromatic rings. The van der Waals surface area contributed by atoms with Gasteiger partial charge in [-0.25, -0.2) is 0 Å². The van der Waals surface area contributed by atoms with Crippen molar-refractivity contribution in [2.75, 3.05) is 32.4 Å². The lowest BCUT2D eigenvalue weighted by Crippen LogP contribution is -2.41. The summed E-state index contributed by atoms with van der Waals surface area (Å²) in [6, 6.07) is 0. The third kappa shape index (κ3) is 7.68. The summed E-state index contributed by atoms with van der Waals surface area (Å²) in [7, 11) is 2.45. The molecule has 1 nitrogen and oxygen atoms in total. The van der Waals surface area contributed by atoms with E-state index in [9.17, 15) is 0 Å². The lowest BCUT2D eigenvalue weighted by atomic mass is 10.1. The first-order chi connectivity index (χ1) is 8.77. The predicted octanol–water partition coefficient (Wildman–Crippen LogP) is 4.67. The first-order valence-electron chi connectivity index (χ1n) is 8.21. The zero-order valence-corrected chi connectivity index (χ0v) is 13.4. The second-order valence-electron chi connectivity index (χ2n) is 6.40. The smallest absolute Gasteiger partial charge is 0.0786 e. The molecule has 1 heterocycles. The molecule has 2 heteroatoms. The third-order valence-electron chi connectivity index (χ3n) is 4.50. The summed E-state index contributed by atoms with van der Waals surface area (Å²) in [6.45, 7) is 4.30. The molecule has 18 heavy (non-hydrogen) atoms. The van der Waals surface area contributed by atoms with Crippen LogP contribution in [0.2, 0.25) is 0 Å². The fourth-order valence-electron chi connectivity index (χ4n) is 3.17. The number of nitrogens with zero attached hydrogens (tertiary/aromatic N) is 1. The van der Waals surface area contributed by atoms with Crippen LogP contribution in [-0.4, -0.2) is 36.9 Å². The van der Waals surface area contributed by atoms with Gasteiger partial charge in [0.15, 0.2) is 0 Å². The van der Waals surface area contributed by atoms with Gasteiger partial charge >= 0.3 is 0 Å². The van der Waals surface area contributed by atoms with E-state index in [1.807, 2.05) is 0 Å². The summed E-state index contributed by atoms with van der Waals surface area (Å²) in [6.07, 6.45) is 15.8. The molecule has 1 rings (SSSR count). The molecule has 108 valence electrons. The van der Waals surface area contributed by atoms with E-state index >= 15 is 0 Å². The quantitative estimate of drug-likeness (QED) is 0.315. The third-order valence-corrected chi connectivity index (χ3v) is 4.82. The van der Waals surface area contributed by atoms with Crippen LogP contribution < -0.4 is 0 Å². The molecule has 0 aromatic heterocycles. The number of unbranched alkanes of at least 4 members (excludes halogenated alkanes) is 8. The molecule has 0 N–H and O–H groups in total. The standard InChI is InChI=1S/C16H33NS/c1-17(14-10-11-15-17)13-9-7-5-3-2-4-6-8-12-16-18/h2-16H2,1H3/p+1. The van der Waals surface area contributed by atoms with Gasteiger partial charge in [0.25, 0.3) is 0 Å². The van der Waals surface area contributed by atoms with E-state index in [1.54, 1.807) is 0 Å². The summed E-state index contributed by atoms with van der Waals surface area (Å²) in [4.78, 5) is 0. The molecule has 0 aliphatic carbocycles. The Kier molecular flexibility index (Phi) is 9.22. The van der Waals surface area contributed by atoms with Crippen molar-refractivity contribution in [3.05, 3.63) is 0 Å². The van der Waals surface area contributed by atoms with Gasteiger partial charge in [0.05, 0.1) is 26.7 Å². The van der Waals surface area contributed by atoms with Crippen molar-refractivity contribution in [2.45, 2.75) is 70.6 Å². The normalized spacial score (nSPS) is 18.3. The average molecular weight is 273 g/mol. The van der Waals surface area contributed by atoms with E-state index in [0.29, 0.717) is 0 Å². The molecule has 1 aliphatic rings. The monoisotopic (exact) mass is 272 g/mol. The summed E-state index contributed by atoms with van der Waals surface area (Å²) in [5.41, 5.74) is 0. The Balaban J connectivity index is 1.78. The number of hydrogen-bond donors (Lipinski definition) is 1. The van der Waals surface area contributed by atoms with E-state index in [4.69, 9.17) is 0 Å². The fraction of sp³-hybridized carbons (Fsp3) is 1.00. The van der Waals surface area contributed by atoms with Gasteiger partial charge in [-0.05, 0) is 25.0 Å². The highest BCUT2D eigenvalue weighted by molar-refractivity contribution is 7.80. The van der Waals surface area contributed by atoms with Crippen molar-refractivity contribution < 1.29 is 4.48 Å². The van der Waals surface area contributed by atoms with Crippen LogP contribution in [0.4, 0.5) is 0 Å². The van der Waals surface area contributed by atoms with Gasteiger partial charge in [-0.1, -0.05) is 38.5 Å². The van der Waals surface area contributed by atoms with Gasteiger partial charge in [-0.2, -0.15) is 12.6 Å². The maximum absolute atomic E-state index is 4.24. The maximum Gasteiger partial charge on any atom is 0.0786 e. The van der Waals surface area contributed by atoms with Gasteiger partial charge in [0.2, 0.25) is 0 Å². The van der Waals surface area contributed by atoms with Crippen LogP contribution in [-0.2, 0) is 0 Å². The van der Waals surface area contributed by atoms with Gasteiger partial charge in [0.1, 0.15) is 0 Å². The molecule has 1 aliphatic heterocycles. The number of quaternary nitrogens is 1. The van der Waals surface area contributed by atoms with Crippen molar-refractivity contribution in [3.8, 4) is 0 Å². The second kappa shape index (κ2) is 10.1. The summed E-state index contributed by atoms with van der Waals surface area (Å²) < 4.78 is 1.36. The Morgan fingerprint density at radius 1 is 0.722 bits per heavy atom. The van der Waals surface area contributed by atoms with Crippen LogP contribution in [0.15, 0.2) is 0 Å². The van der Waals surface area contributed by atoms with Crippen molar-refractivity contribution >= 4 is 12.6 Å². The van der Waals surface area contributed by atoms with E-state index in [1.165, 1.54) is 94.7 Å². The summed E-state index contributed by atoms with van der Waals surface area (Å²) in [5, 5.41) is 0. The molecular weight excluding hydrogens is 238 g/mol. The molecule has 0 amide bonds. The topological polar surface area (TPSA) is 0 Å². The largest absolute Gasteiger partial charge is 0.326 e. The molecule has 0 atom stereocenters. The summed E-state index contributed by atoms with van der Waals surface area (Å²) in [5.74, 6) is 1.07. The molecule has 0 unspecified atom stereocenters. The van der Waals surface area contributed by atoms with Gasteiger partial charge in [0, 0.05) is 12.8 Å². The maximum atomic E-state index is 4.24. The van der Waals surface area contributed by atoms with Crippen molar-refractivity contribution in [3.63, 3.8) is 0 Å². The zero-order chi connectivity index (χ0) is 13.1.